The lowest BCUT2D eigenvalue weighted by molar-refractivity contribution is -0.144. The van der Waals surface area contributed by atoms with Crippen molar-refractivity contribution in [2.24, 2.45) is 11.8 Å². The monoisotopic (exact) mass is 302 g/mol. The van der Waals surface area contributed by atoms with Gasteiger partial charge in [0.15, 0.2) is 9.84 Å². The van der Waals surface area contributed by atoms with Crippen LogP contribution in [0.4, 0.5) is 4.39 Å². The van der Waals surface area contributed by atoms with Gasteiger partial charge < -0.3 is 10.2 Å². The van der Waals surface area contributed by atoms with Crippen molar-refractivity contribution in [1.29, 1.82) is 0 Å². The van der Waals surface area contributed by atoms with Gasteiger partial charge in [-0.25, -0.2) is 12.8 Å². The van der Waals surface area contributed by atoms with Crippen LogP contribution < -0.4 is 0 Å². The zero-order valence-corrected chi connectivity index (χ0v) is 11.4. The molecule has 1 heterocycles. The van der Waals surface area contributed by atoms with Crippen LogP contribution in [-0.2, 0) is 21.1 Å². The van der Waals surface area contributed by atoms with Crippen LogP contribution in [0.1, 0.15) is 5.56 Å². The number of hydrogen-bond acceptors (Lipinski definition) is 4. The maximum Gasteiger partial charge on any atom is 0.307 e. The van der Waals surface area contributed by atoms with Crippen molar-refractivity contribution in [1.82, 2.24) is 0 Å². The van der Waals surface area contributed by atoms with E-state index in [0.29, 0.717) is 0 Å². The van der Waals surface area contributed by atoms with Gasteiger partial charge in [0.25, 0.3) is 0 Å². The Bertz CT molecular complexity index is 613. The van der Waals surface area contributed by atoms with E-state index in [1.165, 1.54) is 18.2 Å². The molecule has 0 spiro atoms. The minimum Gasteiger partial charge on any atom is -0.481 e. The lowest BCUT2D eigenvalue weighted by Gasteiger charge is -2.21. The van der Waals surface area contributed by atoms with Crippen molar-refractivity contribution in [2.75, 3.05) is 11.5 Å². The molecule has 1 fully saturated rings. The number of hydrogen-bond donors (Lipinski definition) is 2. The number of sulfone groups is 1. The van der Waals surface area contributed by atoms with E-state index in [2.05, 4.69) is 0 Å². The molecule has 2 rings (SSSR count). The molecule has 20 heavy (non-hydrogen) atoms. The summed E-state index contributed by atoms with van der Waals surface area (Å²) in [5.74, 6) is -4.60. The SMILES string of the molecule is O=C(O)C(Cc1ccccc1F)C1CS(=O)(=O)CC1O. The number of aliphatic hydroxyl groups is 1. The molecule has 3 atom stereocenters. The number of carboxylic acid groups (broad SMARTS) is 1. The molecule has 1 aromatic carbocycles. The molecule has 0 amide bonds. The van der Waals surface area contributed by atoms with E-state index < -0.39 is 45.3 Å². The van der Waals surface area contributed by atoms with Crippen molar-refractivity contribution < 1.29 is 27.8 Å². The van der Waals surface area contributed by atoms with Gasteiger partial charge in [-0.15, -0.1) is 0 Å². The second-order valence-corrected chi connectivity index (χ2v) is 7.20. The molecule has 7 heteroatoms. The smallest absolute Gasteiger partial charge is 0.307 e. The van der Waals surface area contributed by atoms with Crippen molar-refractivity contribution in [3.05, 3.63) is 35.6 Å². The van der Waals surface area contributed by atoms with Gasteiger partial charge in [-0.1, -0.05) is 18.2 Å². The predicted molar refractivity (Wildman–Crippen MR) is 69.4 cm³/mol. The summed E-state index contributed by atoms with van der Waals surface area (Å²) in [6, 6.07) is 5.75. The second-order valence-electron chi connectivity index (χ2n) is 5.05. The maximum atomic E-state index is 13.6. The molecule has 1 aromatic rings. The highest BCUT2D eigenvalue weighted by Gasteiger charge is 2.43. The first-order valence-electron chi connectivity index (χ1n) is 6.15. The number of carbonyl (C=O) groups is 1. The highest BCUT2D eigenvalue weighted by atomic mass is 32.2. The van der Waals surface area contributed by atoms with Crippen LogP contribution in [0.25, 0.3) is 0 Å². The van der Waals surface area contributed by atoms with Crippen molar-refractivity contribution in [2.45, 2.75) is 12.5 Å². The third-order valence-electron chi connectivity index (χ3n) is 3.60. The summed E-state index contributed by atoms with van der Waals surface area (Å²) in [5.41, 5.74) is 0.205. The predicted octanol–water partition coefficient (Wildman–Crippen LogP) is 0.475. The number of aliphatic hydroxyl groups excluding tert-OH is 1. The molecule has 110 valence electrons. The zero-order valence-electron chi connectivity index (χ0n) is 10.6. The molecule has 1 aliphatic heterocycles. The molecular formula is C13H15FO5S. The third kappa shape index (κ3) is 3.16. The highest BCUT2D eigenvalue weighted by molar-refractivity contribution is 7.91. The Kier molecular flexibility index (Phi) is 4.10. The van der Waals surface area contributed by atoms with Crippen LogP contribution in [0.5, 0.6) is 0 Å². The van der Waals surface area contributed by atoms with Crippen LogP contribution in [0.3, 0.4) is 0 Å². The van der Waals surface area contributed by atoms with Crippen molar-refractivity contribution in [3.8, 4) is 0 Å². The summed E-state index contributed by atoms with van der Waals surface area (Å²) >= 11 is 0. The first-order chi connectivity index (χ1) is 9.30. The normalized spacial score (nSPS) is 26.3. The number of carboxylic acids is 1. The van der Waals surface area contributed by atoms with Crippen LogP contribution >= 0.6 is 0 Å². The standard InChI is InChI=1S/C13H15FO5S/c14-11-4-2-1-3-8(11)5-9(13(16)17)10-6-20(18,19)7-12(10)15/h1-4,9-10,12,15H,5-7H2,(H,16,17). The molecule has 1 aliphatic rings. The molecule has 1 saturated heterocycles. The zero-order chi connectivity index (χ0) is 14.9. The minimum absolute atomic E-state index is 0.140. The van der Waals surface area contributed by atoms with E-state index in [-0.39, 0.29) is 17.7 Å². The number of aliphatic carboxylic acids is 1. The van der Waals surface area contributed by atoms with Gasteiger partial charge in [0, 0.05) is 5.92 Å². The summed E-state index contributed by atoms with van der Waals surface area (Å²) in [7, 11) is -3.43. The third-order valence-corrected chi connectivity index (χ3v) is 5.34. The van der Waals surface area contributed by atoms with Crippen LogP contribution in [0.2, 0.25) is 0 Å². The van der Waals surface area contributed by atoms with Gasteiger partial charge >= 0.3 is 5.97 Å². The lowest BCUT2D eigenvalue weighted by atomic mass is 9.85. The molecule has 5 nitrogen and oxygen atoms in total. The van der Waals surface area contributed by atoms with E-state index in [9.17, 15) is 27.8 Å². The minimum atomic E-state index is -3.43. The summed E-state index contributed by atoms with van der Waals surface area (Å²) in [6.07, 6.45) is -1.35. The Balaban J connectivity index is 2.25. The molecule has 0 saturated carbocycles. The Morgan fingerprint density at radius 1 is 1.35 bits per heavy atom. The van der Waals surface area contributed by atoms with E-state index in [0.717, 1.165) is 0 Å². The van der Waals surface area contributed by atoms with Gasteiger partial charge in [0.1, 0.15) is 5.82 Å². The first kappa shape index (κ1) is 14.9. The Morgan fingerprint density at radius 3 is 2.50 bits per heavy atom. The largest absolute Gasteiger partial charge is 0.481 e. The topological polar surface area (TPSA) is 91.7 Å². The Labute approximate surface area is 116 Å². The molecule has 0 aliphatic carbocycles. The van der Waals surface area contributed by atoms with Crippen molar-refractivity contribution >= 4 is 15.8 Å². The number of halogens is 1. The second kappa shape index (κ2) is 5.49. The summed E-state index contributed by atoms with van der Waals surface area (Å²) in [4.78, 5) is 11.3. The van der Waals surface area contributed by atoms with Crippen LogP contribution in [0.15, 0.2) is 24.3 Å². The van der Waals surface area contributed by atoms with Crippen LogP contribution in [-0.4, -0.2) is 42.2 Å². The van der Waals surface area contributed by atoms with Gasteiger partial charge in [-0.05, 0) is 18.1 Å². The molecular weight excluding hydrogens is 287 g/mol. The molecule has 0 bridgehead atoms. The maximum absolute atomic E-state index is 13.6. The van der Waals surface area contributed by atoms with E-state index in [4.69, 9.17) is 0 Å². The number of rotatable bonds is 4. The molecule has 2 N–H and O–H groups in total. The fraction of sp³-hybridized carbons (Fsp3) is 0.462. The van der Waals surface area contributed by atoms with Gasteiger partial charge in [0.2, 0.25) is 0 Å². The Hall–Kier alpha value is -1.47. The van der Waals surface area contributed by atoms with E-state index >= 15 is 0 Å². The summed E-state index contributed by atoms with van der Waals surface area (Å²) in [5, 5.41) is 19.0. The molecule has 0 radical (unpaired) electrons. The summed E-state index contributed by atoms with van der Waals surface area (Å²) in [6.45, 7) is 0. The fourth-order valence-corrected chi connectivity index (χ4v) is 4.51. The number of benzene rings is 1. The quantitative estimate of drug-likeness (QED) is 0.844. The molecule has 0 aromatic heterocycles. The average Bonchev–Trinajstić information content (AvgIpc) is 2.61. The Morgan fingerprint density at radius 2 is 2.00 bits per heavy atom. The first-order valence-corrected chi connectivity index (χ1v) is 7.97. The highest BCUT2D eigenvalue weighted by Crippen LogP contribution is 2.30. The van der Waals surface area contributed by atoms with Crippen molar-refractivity contribution in [3.63, 3.8) is 0 Å². The van der Waals surface area contributed by atoms with E-state index in [1.807, 2.05) is 0 Å². The lowest BCUT2D eigenvalue weighted by Crippen LogP contribution is -2.33. The van der Waals surface area contributed by atoms with Gasteiger partial charge in [-0.3, -0.25) is 4.79 Å². The summed E-state index contributed by atoms with van der Waals surface area (Å²) < 4.78 is 36.5. The fourth-order valence-electron chi connectivity index (χ4n) is 2.56. The van der Waals surface area contributed by atoms with Crippen LogP contribution in [0, 0.1) is 17.7 Å². The molecule has 3 unspecified atom stereocenters. The van der Waals surface area contributed by atoms with E-state index in [1.54, 1.807) is 6.07 Å². The average molecular weight is 302 g/mol. The van der Waals surface area contributed by atoms with Gasteiger partial charge in [-0.2, -0.15) is 0 Å². The van der Waals surface area contributed by atoms with Gasteiger partial charge in [0.05, 0.1) is 23.5 Å².